The molecule has 4 heteroatoms. The van der Waals surface area contributed by atoms with Crippen molar-refractivity contribution >= 4 is 5.82 Å². The maximum Gasteiger partial charge on any atom is 0.271 e. The maximum atomic E-state index is 11.0. The Balaban J connectivity index is 3.46. The number of nitrogens with zero attached hydrogens (tertiary/aromatic N) is 2. The van der Waals surface area contributed by atoms with Crippen LogP contribution in [0.4, 0.5) is 5.82 Å². The standard InChI is InChI=1S/C6H9N3O/c1-4-6(10)9(2)3-5(7)8-4/h3H,7H2,1-2H3. The zero-order chi connectivity index (χ0) is 7.72. The molecule has 2 N–H and O–H groups in total. The van der Waals surface area contributed by atoms with E-state index in [-0.39, 0.29) is 5.56 Å². The van der Waals surface area contributed by atoms with E-state index >= 15 is 0 Å². The van der Waals surface area contributed by atoms with Crippen LogP contribution in [0.15, 0.2) is 11.0 Å². The summed E-state index contributed by atoms with van der Waals surface area (Å²) >= 11 is 0. The molecule has 0 unspecified atom stereocenters. The summed E-state index contributed by atoms with van der Waals surface area (Å²) in [6, 6.07) is 0. The molecule has 0 aliphatic rings. The summed E-state index contributed by atoms with van der Waals surface area (Å²) in [4.78, 5) is 14.7. The molecule has 0 saturated heterocycles. The van der Waals surface area contributed by atoms with E-state index in [1.807, 2.05) is 0 Å². The van der Waals surface area contributed by atoms with Crippen molar-refractivity contribution in [1.29, 1.82) is 0 Å². The van der Waals surface area contributed by atoms with Crippen LogP contribution >= 0.6 is 0 Å². The van der Waals surface area contributed by atoms with Crippen LogP contribution in [0.3, 0.4) is 0 Å². The molecular weight excluding hydrogens is 130 g/mol. The van der Waals surface area contributed by atoms with E-state index in [4.69, 9.17) is 5.73 Å². The Bertz CT molecular complexity index is 276. The van der Waals surface area contributed by atoms with Crippen LogP contribution in [-0.2, 0) is 7.05 Å². The molecule has 1 heterocycles. The normalized spacial score (nSPS) is 9.80. The van der Waals surface area contributed by atoms with Crippen LogP contribution in [0.2, 0.25) is 0 Å². The van der Waals surface area contributed by atoms with E-state index in [0.29, 0.717) is 11.5 Å². The van der Waals surface area contributed by atoms with Crippen LogP contribution in [-0.4, -0.2) is 9.55 Å². The lowest BCUT2D eigenvalue weighted by molar-refractivity contribution is 0.827. The molecule has 0 atom stereocenters. The van der Waals surface area contributed by atoms with Crippen LogP contribution in [0.25, 0.3) is 0 Å². The number of anilines is 1. The van der Waals surface area contributed by atoms with Gasteiger partial charge in [0.1, 0.15) is 11.5 Å². The second kappa shape index (κ2) is 2.13. The molecule has 10 heavy (non-hydrogen) atoms. The quantitative estimate of drug-likeness (QED) is 0.535. The SMILES string of the molecule is Cc1nc(N)cn(C)c1=O. The van der Waals surface area contributed by atoms with Gasteiger partial charge in [0.05, 0.1) is 0 Å². The third-order valence-electron chi connectivity index (χ3n) is 1.25. The maximum absolute atomic E-state index is 11.0. The average molecular weight is 139 g/mol. The van der Waals surface area contributed by atoms with Gasteiger partial charge in [-0.15, -0.1) is 0 Å². The first kappa shape index (κ1) is 6.80. The molecule has 0 bridgehead atoms. The Morgan fingerprint density at radius 2 is 2.30 bits per heavy atom. The van der Waals surface area contributed by atoms with Gasteiger partial charge in [0.25, 0.3) is 5.56 Å². The molecule has 0 aliphatic carbocycles. The van der Waals surface area contributed by atoms with Crippen molar-refractivity contribution in [3.8, 4) is 0 Å². The Hall–Kier alpha value is -1.32. The first-order valence-electron chi connectivity index (χ1n) is 2.91. The van der Waals surface area contributed by atoms with Gasteiger partial charge in [-0.1, -0.05) is 0 Å². The molecule has 0 fully saturated rings. The van der Waals surface area contributed by atoms with Gasteiger partial charge in [-0.25, -0.2) is 4.98 Å². The monoisotopic (exact) mass is 139 g/mol. The van der Waals surface area contributed by atoms with Crippen molar-refractivity contribution in [2.45, 2.75) is 6.92 Å². The van der Waals surface area contributed by atoms with Crippen molar-refractivity contribution in [3.63, 3.8) is 0 Å². The van der Waals surface area contributed by atoms with Gasteiger partial charge in [0.15, 0.2) is 0 Å². The minimum absolute atomic E-state index is 0.103. The molecule has 1 aromatic rings. The molecule has 0 aliphatic heterocycles. The predicted octanol–water partition coefficient (Wildman–Crippen LogP) is -0.329. The number of aromatic nitrogens is 2. The molecule has 0 aromatic carbocycles. The van der Waals surface area contributed by atoms with Crippen molar-refractivity contribution in [2.75, 3.05) is 5.73 Å². The summed E-state index contributed by atoms with van der Waals surface area (Å²) in [5.74, 6) is 0.375. The summed E-state index contributed by atoms with van der Waals surface area (Å²) in [5, 5.41) is 0. The lowest BCUT2D eigenvalue weighted by Gasteiger charge is -1.98. The summed E-state index contributed by atoms with van der Waals surface area (Å²) in [6.07, 6.45) is 1.50. The van der Waals surface area contributed by atoms with Gasteiger partial charge in [0, 0.05) is 13.2 Å². The minimum atomic E-state index is -0.103. The molecule has 54 valence electrons. The van der Waals surface area contributed by atoms with Gasteiger partial charge in [-0.05, 0) is 6.92 Å². The van der Waals surface area contributed by atoms with Gasteiger partial charge in [0.2, 0.25) is 0 Å². The van der Waals surface area contributed by atoms with Gasteiger partial charge in [-0.2, -0.15) is 0 Å². The minimum Gasteiger partial charge on any atom is -0.382 e. The Kier molecular flexibility index (Phi) is 1.45. The van der Waals surface area contributed by atoms with Gasteiger partial charge in [-0.3, -0.25) is 4.79 Å². The highest BCUT2D eigenvalue weighted by Crippen LogP contribution is 1.90. The predicted molar refractivity (Wildman–Crippen MR) is 38.6 cm³/mol. The molecule has 0 amide bonds. The largest absolute Gasteiger partial charge is 0.382 e. The van der Waals surface area contributed by atoms with E-state index in [0.717, 1.165) is 0 Å². The fourth-order valence-corrected chi connectivity index (χ4v) is 0.783. The second-order valence-electron chi connectivity index (χ2n) is 2.17. The Labute approximate surface area is 58.3 Å². The van der Waals surface area contributed by atoms with E-state index in [1.54, 1.807) is 14.0 Å². The van der Waals surface area contributed by atoms with Crippen molar-refractivity contribution in [3.05, 3.63) is 22.2 Å². The highest BCUT2D eigenvalue weighted by atomic mass is 16.1. The lowest BCUT2D eigenvalue weighted by atomic mass is 10.5. The molecular formula is C6H9N3O. The first-order valence-corrected chi connectivity index (χ1v) is 2.91. The highest BCUT2D eigenvalue weighted by Gasteiger charge is 1.96. The lowest BCUT2D eigenvalue weighted by Crippen LogP contribution is -2.20. The van der Waals surface area contributed by atoms with E-state index < -0.39 is 0 Å². The van der Waals surface area contributed by atoms with E-state index in [1.165, 1.54) is 10.8 Å². The van der Waals surface area contributed by atoms with Crippen LogP contribution in [0.1, 0.15) is 5.69 Å². The Morgan fingerprint density at radius 1 is 1.70 bits per heavy atom. The van der Waals surface area contributed by atoms with E-state index in [2.05, 4.69) is 4.98 Å². The fourth-order valence-electron chi connectivity index (χ4n) is 0.783. The third-order valence-corrected chi connectivity index (χ3v) is 1.25. The molecule has 1 aromatic heterocycles. The average Bonchev–Trinajstić information content (AvgIpc) is 1.82. The van der Waals surface area contributed by atoms with Crippen LogP contribution in [0.5, 0.6) is 0 Å². The number of aryl methyl sites for hydroxylation is 2. The number of rotatable bonds is 0. The zero-order valence-electron chi connectivity index (χ0n) is 5.96. The molecule has 0 spiro atoms. The molecule has 0 radical (unpaired) electrons. The summed E-state index contributed by atoms with van der Waals surface area (Å²) in [6.45, 7) is 1.64. The smallest absolute Gasteiger partial charge is 0.271 e. The van der Waals surface area contributed by atoms with Crippen molar-refractivity contribution in [2.24, 2.45) is 7.05 Å². The zero-order valence-corrected chi connectivity index (χ0v) is 5.96. The second-order valence-corrected chi connectivity index (χ2v) is 2.17. The number of nitrogen functional groups attached to an aromatic ring is 1. The van der Waals surface area contributed by atoms with Gasteiger partial charge >= 0.3 is 0 Å². The summed E-state index contributed by atoms with van der Waals surface area (Å²) in [5.41, 5.74) is 5.69. The van der Waals surface area contributed by atoms with E-state index in [9.17, 15) is 4.79 Å². The fraction of sp³-hybridized carbons (Fsp3) is 0.333. The van der Waals surface area contributed by atoms with Gasteiger partial charge < -0.3 is 10.3 Å². The molecule has 1 rings (SSSR count). The summed E-state index contributed by atoms with van der Waals surface area (Å²) < 4.78 is 1.41. The first-order chi connectivity index (χ1) is 4.61. The number of nitrogens with two attached hydrogens (primary N) is 1. The third kappa shape index (κ3) is 1.00. The number of hydrogen-bond donors (Lipinski definition) is 1. The van der Waals surface area contributed by atoms with Crippen molar-refractivity contribution < 1.29 is 0 Å². The summed E-state index contributed by atoms with van der Waals surface area (Å²) in [7, 11) is 1.65. The van der Waals surface area contributed by atoms with Crippen molar-refractivity contribution in [1.82, 2.24) is 9.55 Å². The molecule has 0 saturated carbocycles. The van der Waals surface area contributed by atoms with Crippen LogP contribution < -0.4 is 11.3 Å². The van der Waals surface area contributed by atoms with Crippen LogP contribution in [0, 0.1) is 6.92 Å². The number of hydrogen-bond acceptors (Lipinski definition) is 3. The highest BCUT2D eigenvalue weighted by molar-refractivity contribution is 5.24. The Morgan fingerprint density at radius 3 is 2.80 bits per heavy atom. The topological polar surface area (TPSA) is 60.9 Å². The molecule has 4 nitrogen and oxygen atoms in total.